The van der Waals surface area contributed by atoms with Gasteiger partial charge >= 0.3 is 6.09 Å². The van der Waals surface area contributed by atoms with Crippen molar-refractivity contribution < 1.29 is 63.7 Å². The van der Waals surface area contributed by atoms with Gasteiger partial charge in [0, 0.05) is 36.0 Å². The number of alkyl carbamates (subject to hydrolysis) is 1. The van der Waals surface area contributed by atoms with E-state index in [2.05, 4.69) is 5.32 Å². The van der Waals surface area contributed by atoms with Crippen LogP contribution >= 0.6 is 0 Å². The number of allylic oxidation sites excluding steroid dienone is 1. The largest absolute Gasteiger partial charge is 0.507 e. The first-order valence-electron chi connectivity index (χ1n) is 16.7. The average Bonchev–Trinajstić information content (AvgIpc) is 3.07. The van der Waals surface area contributed by atoms with Gasteiger partial charge in [0.2, 0.25) is 5.78 Å². The number of methoxy groups -OCH3 is 1. The van der Waals surface area contributed by atoms with Crippen LogP contribution in [0.2, 0.25) is 0 Å². The van der Waals surface area contributed by atoms with E-state index in [1.54, 1.807) is 6.92 Å². The van der Waals surface area contributed by atoms with Crippen LogP contribution in [0.15, 0.2) is 30.4 Å². The molecule has 6 N–H and O–H groups in total. The van der Waals surface area contributed by atoms with Crippen LogP contribution in [-0.4, -0.2) is 98.9 Å². The fourth-order valence-corrected chi connectivity index (χ4v) is 7.41. The molecule has 1 saturated heterocycles. The SMILES string of the molecule is COc1cccc2c1C(=O)c1c(O)c3c(c(O)c1C2=O)C[C@@](O)(C(=O)CO)C[C@@H]3O[C@H]1CC(NC(=O)O[C@@H]2/C=C/CCCCC2)[C@H](O)C(C)O1. The van der Waals surface area contributed by atoms with E-state index in [-0.39, 0.29) is 34.4 Å². The van der Waals surface area contributed by atoms with Gasteiger partial charge in [-0.05, 0) is 44.7 Å². The molecule has 0 saturated carbocycles. The molecule has 4 aliphatic rings. The minimum absolute atomic E-state index is 0.0737. The maximum absolute atomic E-state index is 13.9. The minimum atomic E-state index is -2.32. The molecular formula is C36H41NO13. The lowest BCUT2D eigenvalue weighted by molar-refractivity contribution is -0.249. The zero-order chi connectivity index (χ0) is 35.9. The Labute approximate surface area is 287 Å². The summed E-state index contributed by atoms with van der Waals surface area (Å²) in [5, 5.41) is 58.1. The highest BCUT2D eigenvalue weighted by atomic mass is 16.7. The number of hydrogen-bond acceptors (Lipinski definition) is 13. The van der Waals surface area contributed by atoms with E-state index >= 15 is 0 Å². The van der Waals surface area contributed by atoms with Crippen molar-refractivity contribution in [1.29, 1.82) is 0 Å². The minimum Gasteiger partial charge on any atom is -0.507 e. The molecular weight excluding hydrogens is 654 g/mol. The predicted octanol–water partition coefficient (Wildman–Crippen LogP) is 2.66. The standard InChI is InChI=1S/C36H41NO13/c1-17-30(40)21(37-35(45)49-18-9-6-4-3-5-7-10-18)13-25(48-17)50-23-15-36(46,24(39)16-38)14-20-27(23)34(44)29-28(32(20)42)31(41)19-11-8-12-22(47-2)26(19)33(29)43/h6,8-9,11-12,17-18,21,23,25,30,38,40,42,44,46H,3-5,7,10,13-16H2,1-2H3,(H,37,45)/b9-6+/t17?,18-,21?,23+,25+,30-,36+/m1/s1. The predicted molar refractivity (Wildman–Crippen MR) is 173 cm³/mol. The third-order valence-electron chi connectivity index (χ3n) is 10.0. The van der Waals surface area contributed by atoms with Gasteiger partial charge < -0.3 is 49.8 Å². The number of nitrogens with one attached hydrogen (secondary N) is 1. The number of phenols is 2. The summed E-state index contributed by atoms with van der Waals surface area (Å²) in [6, 6.07) is 3.41. The number of carbonyl (C=O) groups is 4. The van der Waals surface area contributed by atoms with Crippen LogP contribution in [0.25, 0.3) is 0 Å². The van der Waals surface area contributed by atoms with Gasteiger partial charge in [0.25, 0.3) is 0 Å². The Balaban J connectivity index is 1.33. The molecule has 0 aromatic heterocycles. The van der Waals surface area contributed by atoms with Gasteiger partial charge in [-0.1, -0.05) is 24.6 Å². The Morgan fingerprint density at radius 3 is 2.56 bits per heavy atom. The van der Waals surface area contributed by atoms with E-state index in [0.29, 0.717) is 6.42 Å². The van der Waals surface area contributed by atoms with Gasteiger partial charge in [0.05, 0.1) is 42.0 Å². The number of carbonyl (C=O) groups excluding carboxylic acids is 4. The van der Waals surface area contributed by atoms with Crippen LogP contribution < -0.4 is 10.1 Å². The van der Waals surface area contributed by atoms with Crippen molar-refractivity contribution in [3.63, 3.8) is 0 Å². The summed E-state index contributed by atoms with van der Waals surface area (Å²) < 4.78 is 23.0. The number of aliphatic hydroxyl groups excluding tert-OH is 2. The lowest BCUT2D eigenvalue weighted by atomic mass is 9.72. The number of aromatic hydroxyl groups is 2. The molecule has 14 heteroatoms. The summed E-state index contributed by atoms with van der Waals surface area (Å²) in [5.74, 6) is -3.98. The van der Waals surface area contributed by atoms with Crippen molar-refractivity contribution in [2.75, 3.05) is 13.7 Å². The number of fused-ring (bicyclic) bond motifs is 3. The van der Waals surface area contributed by atoms with Crippen molar-refractivity contribution >= 4 is 23.4 Å². The summed E-state index contributed by atoms with van der Waals surface area (Å²) in [6.07, 6.45) is 1.13. The third-order valence-corrected chi connectivity index (χ3v) is 10.0. The van der Waals surface area contributed by atoms with Crippen molar-refractivity contribution in [2.24, 2.45) is 0 Å². The molecule has 0 spiro atoms. The quantitative estimate of drug-likeness (QED) is 0.155. The first-order valence-corrected chi connectivity index (χ1v) is 16.7. The molecule has 1 aliphatic heterocycles. The normalized spacial score (nSPS) is 29.8. The second-order valence-electron chi connectivity index (χ2n) is 13.3. The first-order chi connectivity index (χ1) is 23.9. The fraction of sp³-hybridized carbons (Fsp3) is 0.500. The van der Waals surface area contributed by atoms with Crippen LogP contribution in [-0.2, 0) is 25.4 Å². The number of aliphatic hydroxyl groups is 3. The molecule has 0 radical (unpaired) electrons. The molecule has 2 unspecified atom stereocenters. The van der Waals surface area contributed by atoms with Crippen molar-refractivity contribution in [3.05, 3.63) is 63.7 Å². The van der Waals surface area contributed by atoms with Crippen LogP contribution in [0.3, 0.4) is 0 Å². The summed E-state index contributed by atoms with van der Waals surface area (Å²) in [7, 11) is 1.31. The Morgan fingerprint density at radius 1 is 1.06 bits per heavy atom. The molecule has 50 heavy (non-hydrogen) atoms. The van der Waals surface area contributed by atoms with Gasteiger partial charge in [0.15, 0.2) is 17.9 Å². The average molecular weight is 696 g/mol. The molecule has 1 amide bonds. The van der Waals surface area contributed by atoms with Crippen LogP contribution in [0.1, 0.15) is 101 Å². The molecule has 1 fully saturated rings. The highest BCUT2D eigenvalue weighted by molar-refractivity contribution is 6.31. The maximum atomic E-state index is 13.9. The summed E-state index contributed by atoms with van der Waals surface area (Å²) in [6.45, 7) is 0.487. The molecule has 2 aromatic rings. The number of ketones is 3. The number of Topliss-reactive ketones (excluding diaryl/α,β-unsaturated/α-hetero) is 1. The van der Waals surface area contributed by atoms with Crippen LogP contribution in [0.4, 0.5) is 4.79 Å². The highest BCUT2D eigenvalue weighted by Gasteiger charge is 2.50. The lowest BCUT2D eigenvalue weighted by Gasteiger charge is -2.42. The molecule has 2 aromatic carbocycles. The smallest absolute Gasteiger partial charge is 0.408 e. The molecule has 268 valence electrons. The third kappa shape index (κ3) is 6.37. The lowest BCUT2D eigenvalue weighted by Crippen LogP contribution is -2.56. The summed E-state index contributed by atoms with van der Waals surface area (Å²) in [4.78, 5) is 53.4. The van der Waals surface area contributed by atoms with Gasteiger partial charge in [-0.25, -0.2) is 4.79 Å². The zero-order valence-corrected chi connectivity index (χ0v) is 27.7. The molecule has 0 bridgehead atoms. The second kappa shape index (κ2) is 14.1. The maximum Gasteiger partial charge on any atom is 0.408 e. The molecule has 14 nitrogen and oxygen atoms in total. The van der Waals surface area contributed by atoms with Crippen molar-refractivity contribution in [1.82, 2.24) is 5.32 Å². The van der Waals surface area contributed by atoms with Crippen LogP contribution in [0.5, 0.6) is 17.2 Å². The number of phenolic OH excluding ortho intramolecular Hbond substituents is 2. The summed E-state index contributed by atoms with van der Waals surface area (Å²) in [5.41, 5.74) is -3.93. The van der Waals surface area contributed by atoms with Gasteiger partial charge in [-0.15, -0.1) is 0 Å². The van der Waals surface area contributed by atoms with E-state index in [9.17, 15) is 44.7 Å². The van der Waals surface area contributed by atoms with Gasteiger partial charge in [-0.2, -0.15) is 0 Å². The number of benzene rings is 2. The Morgan fingerprint density at radius 2 is 1.82 bits per heavy atom. The molecule has 3 aliphatic carbocycles. The first kappa shape index (κ1) is 35.5. The molecule has 6 rings (SSSR count). The fourth-order valence-electron chi connectivity index (χ4n) is 7.41. The van der Waals surface area contributed by atoms with E-state index < -0.39 is 108 Å². The molecule has 7 atom stereocenters. The highest BCUT2D eigenvalue weighted by Crippen LogP contribution is 2.52. The monoisotopic (exact) mass is 695 g/mol. The number of ether oxygens (including phenoxy) is 4. The summed E-state index contributed by atoms with van der Waals surface area (Å²) >= 11 is 0. The topological polar surface area (TPSA) is 218 Å². The van der Waals surface area contributed by atoms with E-state index in [1.807, 2.05) is 12.2 Å². The van der Waals surface area contributed by atoms with E-state index in [0.717, 1.165) is 25.7 Å². The van der Waals surface area contributed by atoms with Gasteiger partial charge in [-0.3, -0.25) is 14.4 Å². The van der Waals surface area contributed by atoms with E-state index in [1.165, 1.54) is 25.3 Å². The molecule has 1 heterocycles. The second-order valence-corrected chi connectivity index (χ2v) is 13.3. The van der Waals surface area contributed by atoms with Crippen LogP contribution in [0, 0.1) is 0 Å². The van der Waals surface area contributed by atoms with Crippen molar-refractivity contribution in [3.8, 4) is 17.2 Å². The Bertz CT molecular complexity index is 1740. The zero-order valence-electron chi connectivity index (χ0n) is 27.7. The number of rotatable bonds is 7. The number of hydrogen-bond donors (Lipinski definition) is 6. The van der Waals surface area contributed by atoms with Gasteiger partial charge in [0.1, 0.15) is 41.7 Å². The number of amides is 1. The van der Waals surface area contributed by atoms with E-state index in [4.69, 9.17) is 18.9 Å². The van der Waals surface area contributed by atoms with Crippen molar-refractivity contribution in [2.45, 2.75) is 101 Å². The Hall–Kier alpha value is -4.34. The Kier molecular flexibility index (Phi) is 10.0.